The minimum atomic E-state index is 0.539. The standard InChI is InChI=1S/C19H25N/c1-15-9-10-18(13-16(15)2)14-19(20-3)12-11-17-7-5-4-6-8-17/h4-10,13,19-20H,11-12,14H2,1-3H3. The van der Waals surface area contributed by atoms with E-state index in [4.69, 9.17) is 0 Å². The molecule has 0 aliphatic carbocycles. The van der Waals surface area contributed by atoms with Crippen LogP contribution in [0.1, 0.15) is 28.7 Å². The van der Waals surface area contributed by atoms with Crippen LogP contribution in [0.3, 0.4) is 0 Å². The van der Waals surface area contributed by atoms with E-state index in [0.717, 1.165) is 12.8 Å². The maximum absolute atomic E-state index is 3.45. The van der Waals surface area contributed by atoms with Gasteiger partial charge in [-0.05, 0) is 62.4 Å². The van der Waals surface area contributed by atoms with Crippen LogP contribution in [0.15, 0.2) is 48.5 Å². The van der Waals surface area contributed by atoms with Crippen molar-refractivity contribution in [1.82, 2.24) is 5.32 Å². The Labute approximate surface area is 123 Å². The lowest BCUT2D eigenvalue weighted by Crippen LogP contribution is -2.28. The molecule has 0 spiro atoms. The van der Waals surface area contributed by atoms with Gasteiger partial charge in [0.15, 0.2) is 0 Å². The maximum atomic E-state index is 3.45. The quantitative estimate of drug-likeness (QED) is 0.832. The normalized spacial score (nSPS) is 12.3. The molecule has 1 unspecified atom stereocenters. The molecule has 0 bridgehead atoms. The Morgan fingerprint density at radius 1 is 0.900 bits per heavy atom. The lowest BCUT2D eigenvalue weighted by atomic mass is 9.97. The molecular weight excluding hydrogens is 242 g/mol. The SMILES string of the molecule is CNC(CCc1ccccc1)Cc1ccc(C)c(C)c1. The highest BCUT2D eigenvalue weighted by atomic mass is 14.9. The number of benzene rings is 2. The molecule has 0 aromatic heterocycles. The van der Waals surface area contributed by atoms with Crippen molar-refractivity contribution in [3.05, 3.63) is 70.8 Å². The van der Waals surface area contributed by atoms with E-state index in [-0.39, 0.29) is 0 Å². The van der Waals surface area contributed by atoms with Crippen LogP contribution in [-0.2, 0) is 12.8 Å². The minimum absolute atomic E-state index is 0.539. The summed E-state index contributed by atoms with van der Waals surface area (Å²) in [6.45, 7) is 4.36. The Morgan fingerprint density at radius 3 is 2.30 bits per heavy atom. The molecule has 0 saturated carbocycles. The van der Waals surface area contributed by atoms with Crippen molar-refractivity contribution < 1.29 is 0 Å². The van der Waals surface area contributed by atoms with E-state index in [1.54, 1.807) is 0 Å². The number of rotatable bonds is 6. The molecule has 2 aromatic rings. The summed E-state index contributed by atoms with van der Waals surface area (Å²) < 4.78 is 0. The highest BCUT2D eigenvalue weighted by molar-refractivity contribution is 5.30. The lowest BCUT2D eigenvalue weighted by molar-refractivity contribution is 0.520. The van der Waals surface area contributed by atoms with Gasteiger partial charge in [-0.15, -0.1) is 0 Å². The summed E-state index contributed by atoms with van der Waals surface area (Å²) in [6, 6.07) is 18.1. The lowest BCUT2D eigenvalue weighted by Gasteiger charge is -2.17. The van der Waals surface area contributed by atoms with Gasteiger partial charge in [-0.2, -0.15) is 0 Å². The van der Waals surface area contributed by atoms with Crippen molar-refractivity contribution >= 4 is 0 Å². The third-order valence-electron chi connectivity index (χ3n) is 4.09. The van der Waals surface area contributed by atoms with Gasteiger partial charge in [0.2, 0.25) is 0 Å². The molecule has 0 aliphatic rings. The number of hydrogen-bond acceptors (Lipinski definition) is 1. The zero-order valence-electron chi connectivity index (χ0n) is 12.8. The van der Waals surface area contributed by atoms with Crippen LogP contribution in [0.25, 0.3) is 0 Å². The molecular formula is C19H25N. The summed E-state index contributed by atoms with van der Waals surface area (Å²) in [5.74, 6) is 0. The predicted octanol–water partition coefficient (Wildman–Crippen LogP) is 4.07. The fourth-order valence-electron chi connectivity index (χ4n) is 2.55. The molecule has 0 heterocycles. The average Bonchev–Trinajstić information content (AvgIpc) is 2.48. The molecule has 0 amide bonds. The summed E-state index contributed by atoms with van der Waals surface area (Å²) in [5, 5.41) is 3.45. The first kappa shape index (κ1) is 14.8. The van der Waals surface area contributed by atoms with Crippen molar-refractivity contribution in [2.75, 3.05) is 7.05 Å². The van der Waals surface area contributed by atoms with Gasteiger partial charge < -0.3 is 5.32 Å². The number of aryl methyl sites for hydroxylation is 3. The summed E-state index contributed by atoms with van der Waals surface area (Å²) in [5.41, 5.74) is 5.62. The largest absolute Gasteiger partial charge is 0.317 e. The van der Waals surface area contributed by atoms with Gasteiger partial charge in [0.1, 0.15) is 0 Å². The van der Waals surface area contributed by atoms with E-state index >= 15 is 0 Å². The van der Waals surface area contributed by atoms with Crippen LogP contribution >= 0.6 is 0 Å². The van der Waals surface area contributed by atoms with Crippen molar-refractivity contribution in [2.24, 2.45) is 0 Å². The van der Waals surface area contributed by atoms with Gasteiger partial charge in [-0.3, -0.25) is 0 Å². The zero-order valence-corrected chi connectivity index (χ0v) is 12.8. The average molecular weight is 267 g/mol. The second-order valence-corrected chi connectivity index (χ2v) is 5.63. The van der Waals surface area contributed by atoms with E-state index in [1.165, 1.54) is 28.7 Å². The first-order valence-corrected chi connectivity index (χ1v) is 7.46. The van der Waals surface area contributed by atoms with Gasteiger partial charge in [0.05, 0.1) is 0 Å². The molecule has 20 heavy (non-hydrogen) atoms. The number of nitrogens with one attached hydrogen (secondary N) is 1. The second kappa shape index (κ2) is 7.25. The molecule has 1 heteroatoms. The Bertz CT molecular complexity index is 531. The molecule has 0 fully saturated rings. The van der Waals surface area contributed by atoms with Crippen LogP contribution in [0, 0.1) is 13.8 Å². The van der Waals surface area contributed by atoms with E-state index in [1.807, 2.05) is 0 Å². The Kier molecular flexibility index (Phi) is 5.37. The third kappa shape index (κ3) is 4.21. The fourth-order valence-corrected chi connectivity index (χ4v) is 2.55. The van der Waals surface area contributed by atoms with Crippen LogP contribution in [0.2, 0.25) is 0 Å². The van der Waals surface area contributed by atoms with Gasteiger partial charge in [0, 0.05) is 6.04 Å². The predicted molar refractivity (Wildman–Crippen MR) is 87.2 cm³/mol. The van der Waals surface area contributed by atoms with Crippen molar-refractivity contribution in [3.8, 4) is 0 Å². The first-order valence-electron chi connectivity index (χ1n) is 7.46. The van der Waals surface area contributed by atoms with E-state index in [2.05, 4.69) is 74.7 Å². The molecule has 2 rings (SSSR count). The molecule has 1 atom stereocenters. The summed E-state index contributed by atoms with van der Waals surface area (Å²) in [6.07, 6.45) is 3.41. The molecule has 1 nitrogen and oxygen atoms in total. The summed E-state index contributed by atoms with van der Waals surface area (Å²) in [7, 11) is 2.07. The second-order valence-electron chi connectivity index (χ2n) is 5.63. The summed E-state index contributed by atoms with van der Waals surface area (Å²) >= 11 is 0. The highest BCUT2D eigenvalue weighted by Crippen LogP contribution is 2.14. The molecule has 0 saturated heterocycles. The van der Waals surface area contributed by atoms with E-state index < -0.39 is 0 Å². The summed E-state index contributed by atoms with van der Waals surface area (Å²) in [4.78, 5) is 0. The molecule has 2 aromatic carbocycles. The van der Waals surface area contributed by atoms with Crippen molar-refractivity contribution in [1.29, 1.82) is 0 Å². The van der Waals surface area contributed by atoms with Gasteiger partial charge in [-0.25, -0.2) is 0 Å². The van der Waals surface area contributed by atoms with Crippen LogP contribution in [0.5, 0.6) is 0 Å². The Balaban J connectivity index is 1.93. The minimum Gasteiger partial charge on any atom is -0.317 e. The number of likely N-dealkylation sites (N-methyl/N-ethyl adjacent to an activating group) is 1. The monoisotopic (exact) mass is 267 g/mol. The number of hydrogen-bond donors (Lipinski definition) is 1. The smallest absolute Gasteiger partial charge is 0.0108 e. The van der Waals surface area contributed by atoms with Gasteiger partial charge >= 0.3 is 0 Å². The van der Waals surface area contributed by atoms with Crippen LogP contribution in [-0.4, -0.2) is 13.1 Å². The topological polar surface area (TPSA) is 12.0 Å². The first-order chi connectivity index (χ1) is 9.69. The highest BCUT2D eigenvalue weighted by Gasteiger charge is 2.08. The van der Waals surface area contributed by atoms with E-state index in [9.17, 15) is 0 Å². The van der Waals surface area contributed by atoms with Crippen LogP contribution < -0.4 is 5.32 Å². The van der Waals surface area contributed by atoms with Crippen molar-refractivity contribution in [3.63, 3.8) is 0 Å². The third-order valence-corrected chi connectivity index (χ3v) is 4.09. The molecule has 0 radical (unpaired) electrons. The van der Waals surface area contributed by atoms with Crippen molar-refractivity contribution in [2.45, 2.75) is 39.2 Å². The van der Waals surface area contributed by atoms with Gasteiger partial charge in [0.25, 0.3) is 0 Å². The van der Waals surface area contributed by atoms with Crippen LogP contribution in [0.4, 0.5) is 0 Å². The van der Waals surface area contributed by atoms with Gasteiger partial charge in [-0.1, -0.05) is 48.5 Å². The Morgan fingerprint density at radius 2 is 1.65 bits per heavy atom. The molecule has 106 valence electrons. The van der Waals surface area contributed by atoms with E-state index in [0.29, 0.717) is 6.04 Å². The maximum Gasteiger partial charge on any atom is 0.0108 e. The zero-order chi connectivity index (χ0) is 14.4. The molecule has 1 N–H and O–H groups in total. The fraction of sp³-hybridized carbons (Fsp3) is 0.368. The Hall–Kier alpha value is -1.60. The molecule has 0 aliphatic heterocycles.